The second-order valence-electron chi connectivity index (χ2n) is 11.6. The lowest BCUT2D eigenvalue weighted by molar-refractivity contribution is -0.151. The van der Waals surface area contributed by atoms with Gasteiger partial charge < -0.3 is 27.9 Å². The molecule has 0 aliphatic heterocycles. The topological polar surface area (TPSA) is 85.0 Å². The number of fused-ring (bicyclic) bond motifs is 3. The zero-order valence-corrected chi connectivity index (χ0v) is 27.6. The van der Waals surface area contributed by atoms with Crippen molar-refractivity contribution in [2.75, 3.05) is 13.7 Å². The van der Waals surface area contributed by atoms with Crippen LogP contribution in [-0.4, -0.2) is 29.2 Å². The van der Waals surface area contributed by atoms with E-state index in [1.807, 2.05) is 110 Å². The van der Waals surface area contributed by atoms with Crippen LogP contribution in [0.15, 0.2) is 126 Å². The van der Waals surface area contributed by atoms with Gasteiger partial charge in [0.1, 0.15) is 23.8 Å². The number of esters is 1. The first-order valence-corrected chi connectivity index (χ1v) is 16.2. The summed E-state index contributed by atoms with van der Waals surface area (Å²) in [4.78, 5) is 17.8. The number of rotatable bonds is 12. The third kappa shape index (κ3) is 6.45. The quantitative estimate of drug-likeness (QED) is 0.122. The number of carbonyl (C=O) groups excluding carboxylic acids is 1. The maximum Gasteiger partial charge on any atom is 0.352 e. The van der Waals surface area contributed by atoms with Gasteiger partial charge in [-0.1, -0.05) is 78.9 Å². The zero-order chi connectivity index (χ0) is 33.7. The number of hydrogen-bond donors (Lipinski definition) is 0. The molecule has 7 rings (SSSR count). The number of nitrogens with zero attached hydrogens (tertiary/aromatic N) is 2. The lowest BCUT2D eigenvalue weighted by atomic mass is 10.1. The molecular weight excluding hydrogens is 616 g/mol. The first-order chi connectivity index (χ1) is 24.0. The number of methoxy groups -OCH3 is 1. The summed E-state index contributed by atoms with van der Waals surface area (Å²) in [5.74, 6) is 2.68. The fourth-order valence-corrected chi connectivity index (χ4v) is 6.08. The predicted molar refractivity (Wildman–Crippen MR) is 189 cm³/mol. The minimum absolute atomic E-state index is 0.239. The minimum atomic E-state index is -0.906. The second-order valence-corrected chi connectivity index (χ2v) is 11.6. The van der Waals surface area contributed by atoms with Crippen LogP contribution in [0, 0.1) is 6.92 Å². The van der Waals surface area contributed by atoms with E-state index in [0.29, 0.717) is 35.4 Å². The van der Waals surface area contributed by atoms with Crippen molar-refractivity contribution in [1.29, 1.82) is 0 Å². The second kappa shape index (κ2) is 14.0. The molecule has 8 heteroatoms. The van der Waals surface area contributed by atoms with Crippen molar-refractivity contribution >= 4 is 27.8 Å². The van der Waals surface area contributed by atoms with Crippen LogP contribution in [0.1, 0.15) is 35.6 Å². The summed E-state index contributed by atoms with van der Waals surface area (Å²) in [7, 11) is 1.64. The summed E-state index contributed by atoms with van der Waals surface area (Å²) in [6.07, 6.45) is -0.906. The molecule has 7 aromatic rings. The van der Waals surface area contributed by atoms with E-state index in [1.165, 1.54) is 0 Å². The molecule has 0 N–H and O–H groups in total. The predicted octanol–water partition coefficient (Wildman–Crippen LogP) is 9.08. The molecule has 0 amide bonds. The van der Waals surface area contributed by atoms with E-state index in [0.717, 1.165) is 44.2 Å². The van der Waals surface area contributed by atoms with Crippen LogP contribution in [0.2, 0.25) is 0 Å². The molecule has 246 valence electrons. The van der Waals surface area contributed by atoms with Gasteiger partial charge in [-0.15, -0.1) is 0 Å². The number of benzene rings is 5. The molecular formula is C41H36N2O6. The van der Waals surface area contributed by atoms with Crippen LogP contribution >= 0.6 is 0 Å². The summed E-state index contributed by atoms with van der Waals surface area (Å²) in [5.41, 5.74) is 5.41. The largest absolute Gasteiger partial charge is 0.493 e. The van der Waals surface area contributed by atoms with Crippen molar-refractivity contribution in [2.45, 2.75) is 33.1 Å². The highest BCUT2D eigenvalue weighted by molar-refractivity contribution is 6.11. The number of hydrogen-bond acceptors (Lipinski definition) is 7. The van der Waals surface area contributed by atoms with Crippen molar-refractivity contribution in [2.24, 2.45) is 0 Å². The first-order valence-electron chi connectivity index (χ1n) is 16.2. The SMILES string of the molecule is CCOC(=O)C(Oc1cccc2c1c1ccccc1n2Cc1ccc(OCc2nc(-c3ccccc3)oc2C)c(OC)c1)c1ccccc1. The molecule has 1 unspecified atom stereocenters. The average molecular weight is 653 g/mol. The van der Waals surface area contributed by atoms with Crippen molar-refractivity contribution in [3.05, 3.63) is 144 Å². The number of aromatic nitrogens is 2. The molecule has 2 aromatic heterocycles. The van der Waals surface area contributed by atoms with Gasteiger partial charge in [0, 0.05) is 34.0 Å². The molecule has 0 radical (unpaired) electrons. The van der Waals surface area contributed by atoms with Gasteiger partial charge in [-0.3, -0.25) is 0 Å². The third-order valence-electron chi connectivity index (χ3n) is 8.45. The molecule has 49 heavy (non-hydrogen) atoms. The Labute approximate surface area is 284 Å². The van der Waals surface area contributed by atoms with E-state index in [9.17, 15) is 4.79 Å². The summed E-state index contributed by atoms with van der Waals surface area (Å²) in [6.45, 7) is 4.74. The molecule has 2 heterocycles. The van der Waals surface area contributed by atoms with E-state index < -0.39 is 12.1 Å². The van der Waals surface area contributed by atoms with Gasteiger partial charge in [-0.25, -0.2) is 9.78 Å². The first kappa shape index (κ1) is 31.6. The molecule has 0 saturated heterocycles. The standard InChI is InChI=1S/C41H36N2O6/c1-4-46-41(44)39(29-14-7-5-8-15-29)49-36-21-13-20-34-38(36)31-18-11-12-19-33(31)43(34)25-28-22-23-35(37(24-28)45-3)47-26-32-27(2)48-40(42-32)30-16-9-6-10-17-30/h5-24,39H,4,25-26H2,1-3H3. The highest BCUT2D eigenvalue weighted by atomic mass is 16.6. The Morgan fingerprint density at radius 1 is 0.816 bits per heavy atom. The summed E-state index contributed by atoms with van der Waals surface area (Å²) < 4.78 is 32.1. The maximum atomic E-state index is 13.1. The van der Waals surface area contributed by atoms with Gasteiger partial charge in [0.15, 0.2) is 11.5 Å². The van der Waals surface area contributed by atoms with E-state index >= 15 is 0 Å². The van der Waals surface area contributed by atoms with Crippen molar-refractivity contribution in [3.8, 4) is 28.7 Å². The Hall–Kier alpha value is -6.02. The van der Waals surface area contributed by atoms with Crippen LogP contribution in [0.3, 0.4) is 0 Å². The Bertz CT molecular complexity index is 2220. The van der Waals surface area contributed by atoms with E-state index in [1.54, 1.807) is 14.0 Å². The van der Waals surface area contributed by atoms with E-state index in [-0.39, 0.29) is 13.2 Å². The smallest absolute Gasteiger partial charge is 0.352 e. The lowest BCUT2D eigenvalue weighted by Crippen LogP contribution is -2.21. The summed E-state index contributed by atoms with van der Waals surface area (Å²) >= 11 is 0. The van der Waals surface area contributed by atoms with Gasteiger partial charge in [0.2, 0.25) is 12.0 Å². The van der Waals surface area contributed by atoms with Crippen LogP contribution in [0.4, 0.5) is 0 Å². The van der Waals surface area contributed by atoms with Gasteiger partial charge in [-0.05, 0) is 61.9 Å². The number of ether oxygens (including phenoxy) is 4. The summed E-state index contributed by atoms with van der Waals surface area (Å²) in [6, 6.07) is 39.3. The van der Waals surface area contributed by atoms with Crippen LogP contribution in [0.5, 0.6) is 17.2 Å². The van der Waals surface area contributed by atoms with Crippen molar-refractivity contribution in [3.63, 3.8) is 0 Å². The number of aryl methyl sites for hydroxylation is 1. The van der Waals surface area contributed by atoms with Gasteiger partial charge in [0.25, 0.3) is 0 Å². The normalized spacial score (nSPS) is 11.8. The van der Waals surface area contributed by atoms with Crippen LogP contribution in [-0.2, 0) is 22.7 Å². The average Bonchev–Trinajstić information content (AvgIpc) is 3.68. The van der Waals surface area contributed by atoms with Gasteiger partial charge >= 0.3 is 5.97 Å². The minimum Gasteiger partial charge on any atom is -0.493 e. The van der Waals surface area contributed by atoms with E-state index in [4.69, 9.17) is 23.4 Å². The molecule has 0 fully saturated rings. The van der Waals surface area contributed by atoms with Crippen LogP contribution in [0.25, 0.3) is 33.3 Å². The van der Waals surface area contributed by atoms with Crippen molar-refractivity contribution < 1.29 is 28.2 Å². The van der Waals surface area contributed by atoms with Gasteiger partial charge in [-0.2, -0.15) is 0 Å². The number of oxazole rings is 1. The highest BCUT2D eigenvalue weighted by Gasteiger charge is 2.26. The Morgan fingerprint density at radius 3 is 2.33 bits per heavy atom. The number of para-hydroxylation sites is 1. The molecule has 0 saturated carbocycles. The molecule has 8 nitrogen and oxygen atoms in total. The molecule has 5 aromatic carbocycles. The third-order valence-corrected chi connectivity index (χ3v) is 8.45. The molecule has 0 aliphatic carbocycles. The molecule has 1 atom stereocenters. The van der Waals surface area contributed by atoms with E-state index in [2.05, 4.69) is 27.8 Å². The monoisotopic (exact) mass is 652 g/mol. The molecule has 0 bridgehead atoms. The lowest BCUT2D eigenvalue weighted by Gasteiger charge is -2.19. The molecule has 0 aliphatic rings. The Morgan fingerprint density at radius 2 is 1.55 bits per heavy atom. The maximum absolute atomic E-state index is 13.1. The van der Waals surface area contributed by atoms with Gasteiger partial charge in [0.05, 0.1) is 19.2 Å². The zero-order valence-electron chi connectivity index (χ0n) is 27.6. The Kier molecular flexibility index (Phi) is 9.02. The van der Waals surface area contributed by atoms with Crippen molar-refractivity contribution in [1.82, 2.24) is 9.55 Å². The number of carbonyl (C=O) groups is 1. The highest BCUT2D eigenvalue weighted by Crippen LogP contribution is 2.39. The fourth-order valence-electron chi connectivity index (χ4n) is 6.08. The Balaban J connectivity index is 1.18. The molecule has 0 spiro atoms. The van der Waals surface area contributed by atoms with Crippen LogP contribution < -0.4 is 14.2 Å². The fraction of sp³-hybridized carbons (Fsp3) is 0.171. The summed E-state index contributed by atoms with van der Waals surface area (Å²) in [5, 5.41) is 1.95.